The molecule has 0 spiro atoms. The van der Waals surface area contributed by atoms with Crippen LogP contribution in [0.1, 0.15) is 22.6 Å². The number of hydrogen-bond donors (Lipinski definition) is 2. The molecular formula is C19H16F2N6O. The molecule has 7 nitrogen and oxygen atoms in total. The SMILES string of the molecule is Cn1nccc1C(=O)Nc1ccc(Nc2cccc3nc(C(F)F)cn23)cc1. The highest BCUT2D eigenvalue weighted by atomic mass is 19.3. The summed E-state index contributed by atoms with van der Waals surface area (Å²) in [7, 11) is 1.69. The van der Waals surface area contributed by atoms with Crippen LogP contribution in [0.4, 0.5) is 26.0 Å². The molecule has 4 aromatic rings. The summed E-state index contributed by atoms with van der Waals surface area (Å²) in [4.78, 5) is 16.1. The summed E-state index contributed by atoms with van der Waals surface area (Å²) in [6, 6.07) is 13.8. The average molecular weight is 382 g/mol. The highest BCUT2D eigenvalue weighted by molar-refractivity contribution is 6.03. The molecule has 0 bridgehead atoms. The van der Waals surface area contributed by atoms with Crippen molar-refractivity contribution in [3.05, 3.63) is 72.3 Å². The minimum atomic E-state index is -2.63. The van der Waals surface area contributed by atoms with E-state index in [-0.39, 0.29) is 11.6 Å². The van der Waals surface area contributed by atoms with E-state index in [4.69, 9.17) is 0 Å². The molecule has 0 aliphatic rings. The number of fused-ring (bicyclic) bond motifs is 1. The van der Waals surface area contributed by atoms with Crippen molar-refractivity contribution in [1.29, 1.82) is 0 Å². The lowest BCUT2D eigenvalue weighted by molar-refractivity contribution is 0.101. The largest absolute Gasteiger partial charge is 0.341 e. The van der Waals surface area contributed by atoms with Gasteiger partial charge in [-0.15, -0.1) is 0 Å². The number of alkyl halides is 2. The molecule has 0 aliphatic heterocycles. The van der Waals surface area contributed by atoms with E-state index in [1.165, 1.54) is 10.9 Å². The second-order valence-electron chi connectivity index (χ2n) is 6.10. The molecular weight excluding hydrogens is 366 g/mol. The number of anilines is 3. The molecule has 2 N–H and O–H groups in total. The van der Waals surface area contributed by atoms with E-state index >= 15 is 0 Å². The number of imidazole rings is 1. The van der Waals surface area contributed by atoms with Gasteiger partial charge in [-0.05, 0) is 42.5 Å². The smallest absolute Gasteiger partial charge is 0.281 e. The Kier molecular flexibility index (Phi) is 4.48. The van der Waals surface area contributed by atoms with Crippen molar-refractivity contribution in [1.82, 2.24) is 19.2 Å². The third-order valence-electron chi connectivity index (χ3n) is 4.20. The van der Waals surface area contributed by atoms with Crippen LogP contribution in [0, 0.1) is 0 Å². The highest BCUT2D eigenvalue weighted by Crippen LogP contribution is 2.24. The van der Waals surface area contributed by atoms with Gasteiger partial charge >= 0.3 is 0 Å². The van der Waals surface area contributed by atoms with Crippen molar-refractivity contribution >= 4 is 28.7 Å². The van der Waals surface area contributed by atoms with Crippen LogP contribution in [0.3, 0.4) is 0 Å². The lowest BCUT2D eigenvalue weighted by Gasteiger charge is -2.10. The van der Waals surface area contributed by atoms with Crippen LogP contribution in [-0.4, -0.2) is 25.1 Å². The summed E-state index contributed by atoms with van der Waals surface area (Å²) < 4.78 is 28.9. The molecule has 3 aromatic heterocycles. The lowest BCUT2D eigenvalue weighted by Crippen LogP contribution is -2.16. The molecule has 0 atom stereocenters. The molecule has 3 heterocycles. The van der Waals surface area contributed by atoms with E-state index < -0.39 is 6.43 Å². The fourth-order valence-corrected chi connectivity index (χ4v) is 2.81. The van der Waals surface area contributed by atoms with Gasteiger partial charge in [0.25, 0.3) is 12.3 Å². The summed E-state index contributed by atoms with van der Waals surface area (Å²) in [6.07, 6.45) is 0.234. The molecule has 0 saturated heterocycles. The Morgan fingerprint density at radius 1 is 1.07 bits per heavy atom. The summed E-state index contributed by atoms with van der Waals surface area (Å²) >= 11 is 0. The van der Waals surface area contributed by atoms with Gasteiger partial charge in [-0.25, -0.2) is 13.8 Å². The maximum absolute atomic E-state index is 12.9. The number of nitrogens with zero attached hydrogens (tertiary/aromatic N) is 4. The van der Waals surface area contributed by atoms with E-state index in [0.717, 1.165) is 5.69 Å². The van der Waals surface area contributed by atoms with Crippen molar-refractivity contribution in [2.75, 3.05) is 10.6 Å². The molecule has 0 saturated carbocycles. The van der Waals surface area contributed by atoms with Crippen molar-refractivity contribution in [3.8, 4) is 0 Å². The topological polar surface area (TPSA) is 76.2 Å². The normalized spacial score (nSPS) is 11.1. The van der Waals surface area contributed by atoms with Gasteiger partial charge in [0, 0.05) is 30.8 Å². The molecule has 1 amide bonds. The molecule has 9 heteroatoms. The number of aryl methyl sites for hydroxylation is 1. The first-order chi connectivity index (χ1) is 13.5. The highest BCUT2D eigenvalue weighted by Gasteiger charge is 2.13. The van der Waals surface area contributed by atoms with Gasteiger partial charge in [-0.3, -0.25) is 13.9 Å². The second kappa shape index (κ2) is 7.10. The number of aromatic nitrogens is 4. The maximum atomic E-state index is 12.9. The molecule has 0 unspecified atom stereocenters. The standard InChI is InChI=1S/C19H16F2N6O/c1-26-15(9-10-22-26)19(28)24-13-7-5-12(6-8-13)23-16-3-2-4-17-25-14(18(20)21)11-27(16)17/h2-11,18,23H,1H3,(H,24,28). The van der Waals surface area contributed by atoms with Gasteiger partial charge in [0.1, 0.15) is 22.9 Å². The molecule has 4 rings (SSSR count). The Labute approximate surface area is 158 Å². The molecule has 0 aliphatic carbocycles. The van der Waals surface area contributed by atoms with Gasteiger partial charge in [0.2, 0.25) is 0 Å². The maximum Gasteiger partial charge on any atom is 0.281 e. The van der Waals surface area contributed by atoms with Gasteiger partial charge in [-0.2, -0.15) is 5.10 Å². The predicted molar refractivity (Wildman–Crippen MR) is 101 cm³/mol. The van der Waals surface area contributed by atoms with Crippen molar-refractivity contribution in [2.24, 2.45) is 7.05 Å². The number of hydrogen-bond acceptors (Lipinski definition) is 4. The number of carbonyl (C=O) groups is 1. The van der Waals surface area contributed by atoms with E-state index in [2.05, 4.69) is 20.7 Å². The van der Waals surface area contributed by atoms with Crippen LogP contribution in [-0.2, 0) is 7.05 Å². The van der Waals surface area contributed by atoms with E-state index in [9.17, 15) is 13.6 Å². The number of benzene rings is 1. The monoisotopic (exact) mass is 382 g/mol. The molecule has 0 radical (unpaired) electrons. The second-order valence-corrected chi connectivity index (χ2v) is 6.10. The third-order valence-corrected chi connectivity index (χ3v) is 4.20. The average Bonchev–Trinajstić information content (AvgIpc) is 3.30. The quantitative estimate of drug-likeness (QED) is 0.547. The Morgan fingerprint density at radius 3 is 2.50 bits per heavy atom. The molecule has 0 fully saturated rings. The fourth-order valence-electron chi connectivity index (χ4n) is 2.81. The summed E-state index contributed by atoms with van der Waals surface area (Å²) in [6.45, 7) is 0. The van der Waals surface area contributed by atoms with Crippen LogP contribution in [0.2, 0.25) is 0 Å². The van der Waals surface area contributed by atoms with Crippen molar-refractivity contribution in [3.63, 3.8) is 0 Å². The number of nitrogens with one attached hydrogen (secondary N) is 2. The van der Waals surface area contributed by atoms with Gasteiger partial charge in [0.15, 0.2) is 0 Å². The Morgan fingerprint density at radius 2 is 1.82 bits per heavy atom. The van der Waals surface area contributed by atoms with Crippen LogP contribution >= 0.6 is 0 Å². The predicted octanol–water partition coefficient (Wildman–Crippen LogP) is 4.00. The van der Waals surface area contributed by atoms with E-state index in [0.29, 0.717) is 22.8 Å². The number of halogens is 2. The van der Waals surface area contributed by atoms with Crippen LogP contribution in [0.5, 0.6) is 0 Å². The number of rotatable bonds is 5. The summed E-state index contributed by atoms with van der Waals surface area (Å²) in [5.41, 5.74) is 1.96. The first kappa shape index (κ1) is 17.7. The van der Waals surface area contributed by atoms with Crippen molar-refractivity contribution < 1.29 is 13.6 Å². The van der Waals surface area contributed by atoms with Crippen LogP contribution in [0.15, 0.2) is 60.9 Å². The number of amides is 1. The number of pyridine rings is 1. The lowest BCUT2D eigenvalue weighted by atomic mass is 10.2. The fraction of sp³-hybridized carbons (Fsp3) is 0.105. The summed E-state index contributed by atoms with van der Waals surface area (Å²) in [5, 5.41) is 9.93. The van der Waals surface area contributed by atoms with Gasteiger partial charge < -0.3 is 10.6 Å². The molecule has 1 aromatic carbocycles. The van der Waals surface area contributed by atoms with Crippen LogP contribution < -0.4 is 10.6 Å². The molecule has 28 heavy (non-hydrogen) atoms. The van der Waals surface area contributed by atoms with Gasteiger partial charge in [0.05, 0.1) is 0 Å². The zero-order chi connectivity index (χ0) is 19.7. The zero-order valence-corrected chi connectivity index (χ0v) is 14.8. The first-order valence-corrected chi connectivity index (χ1v) is 8.44. The first-order valence-electron chi connectivity index (χ1n) is 8.44. The minimum Gasteiger partial charge on any atom is -0.341 e. The summed E-state index contributed by atoms with van der Waals surface area (Å²) in [5.74, 6) is 0.340. The van der Waals surface area contributed by atoms with E-state index in [1.807, 2.05) is 0 Å². The van der Waals surface area contributed by atoms with Crippen LogP contribution in [0.25, 0.3) is 5.65 Å². The minimum absolute atomic E-state index is 0.261. The number of carbonyl (C=O) groups excluding carboxylic acids is 1. The van der Waals surface area contributed by atoms with E-state index in [1.54, 1.807) is 66.2 Å². The zero-order valence-electron chi connectivity index (χ0n) is 14.8. The Hall–Kier alpha value is -3.75. The van der Waals surface area contributed by atoms with Crippen molar-refractivity contribution in [2.45, 2.75) is 6.43 Å². The van der Waals surface area contributed by atoms with Gasteiger partial charge in [-0.1, -0.05) is 6.07 Å². The Balaban J connectivity index is 1.51. The molecule has 142 valence electrons. The third kappa shape index (κ3) is 3.41. The Bertz CT molecular complexity index is 1130.